The Morgan fingerprint density at radius 1 is 0.852 bits per heavy atom. The molecule has 0 aliphatic heterocycles. The summed E-state index contributed by atoms with van der Waals surface area (Å²) in [5, 5.41) is 26.9. The summed E-state index contributed by atoms with van der Waals surface area (Å²) >= 11 is 0. The first-order valence-electron chi connectivity index (χ1n) is 7.89. The van der Waals surface area contributed by atoms with Gasteiger partial charge in [-0.2, -0.15) is 8.42 Å². The lowest BCUT2D eigenvalue weighted by Gasteiger charge is -2.09. The highest BCUT2D eigenvalue weighted by Crippen LogP contribution is 2.34. The van der Waals surface area contributed by atoms with Gasteiger partial charge >= 0.3 is 10.1 Å². The normalized spacial score (nSPS) is 11.6. The largest absolute Gasteiger partial charge is 0.508 e. The third-order valence-electron chi connectivity index (χ3n) is 3.60. The predicted octanol–water partition coefficient (Wildman–Crippen LogP) is 4.59. The number of benzene rings is 3. The summed E-state index contributed by atoms with van der Waals surface area (Å²) in [6, 6.07) is 16.4. The molecule has 0 aromatic heterocycles. The molecule has 3 rings (SSSR count). The van der Waals surface area contributed by atoms with Crippen molar-refractivity contribution in [2.75, 3.05) is 0 Å². The number of phenols is 2. The number of hydrogen-bond donors (Lipinski definition) is 2. The van der Waals surface area contributed by atoms with E-state index in [1.807, 2.05) is 6.92 Å². The molecule has 2 N–H and O–H groups in total. The van der Waals surface area contributed by atoms with Crippen molar-refractivity contribution in [2.45, 2.75) is 11.8 Å². The fraction of sp³-hybridized carbons (Fsp3) is 0.0526. The molecule has 3 aromatic carbocycles. The van der Waals surface area contributed by atoms with Gasteiger partial charge in [-0.05, 0) is 43.3 Å². The monoisotopic (exact) mass is 384 g/mol. The summed E-state index contributed by atoms with van der Waals surface area (Å²) in [5.41, 5.74) is 1.21. The van der Waals surface area contributed by atoms with Crippen LogP contribution < -0.4 is 4.18 Å². The topological polar surface area (TPSA) is 109 Å². The van der Waals surface area contributed by atoms with Gasteiger partial charge in [0.1, 0.15) is 27.8 Å². The molecule has 0 amide bonds. The van der Waals surface area contributed by atoms with E-state index in [0.29, 0.717) is 0 Å². The lowest BCUT2D eigenvalue weighted by Crippen LogP contribution is -2.09. The van der Waals surface area contributed by atoms with Crippen LogP contribution in [-0.4, -0.2) is 18.6 Å². The molecule has 0 spiro atoms. The van der Waals surface area contributed by atoms with Gasteiger partial charge in [-0.15, -0.1) is 10.2 Å². The van der Waals surface area contributed by atoms with Gasteiger partial charge in [-0.25, -0.2) is 0 Å². The van der Waals surface area contributed by atoms with E-state index in [-0.39, 0.29) is 33.5 Å². The van der Waals surface area contributed by atoms with Crippen LogP contribution in [-0.2, 0) is 10.1 Å². The molecule has 27 heavy (non-hydrogen) atoms. The van der Waals surface area contributed by atoms with Gasteiger partial charge in [-0.1, -0.05) is 29.8 Å². The van der Waals surface area contributed by atoms with Gasteiger partial charge in [-0.3, -0.25) is 0 Å². The number of rotatable bonds is 5. The van der Waals surface area contributed by atoms with E-state index in [0.717, 1.165) is 11.6 Å². The number of aryl methyl sites for hydroxylation is 1. The van der Waals surface area contributed by atoms with Crippen LogP contribution in [0.4, 0.5) is 11.4 Å². The zero-order valence-corrected chi connectivity index (χ0v) is 15.1. The smallest absolute Gasteiger partial charge is 0.339 e. The van der Waals surface area contributed by atoms with Crippen molar-refractivity contribution in [2.24, 2.45) is 10.2 Å². The van der Waals surface area contributed by atoms with Crippen LogP contribution in [0.25, 0.3) is 0 Å². The van der Waals surface area contributed by atoms with Gasteiger partial charge in [0.25, 0.3) is 0 Å². The average Bonchev–Trinajstić information content (AvgIpc) is 2.62. The highest BCUT2D eigenvalue weighted by Gasteiger charge is 2.18. The van der Waals surface area contributed by atoms with Crippen molar-refractivity contribution in [1.82, 2.24) is 0 Å². The number of phenolic OH excluding ortho intramolecular Hbond substituents is 2. The minimum absolute atomic E-state index is 0.0000862. The van der Waals surface area contributed by atoms with Gasteiger partial charge in [0.2, 0.25) is 0 Å². The van der Waals surface area contributed by atoms with Crippen molar-refractivity contribution in [3.8, 4) is 17.2 Å². The van der Waals surface area contributed by atoms with Crippen LogP contribution >= 0.6 is 0 Å². The predicted molar refractivity (Wildman–Crippen MR) is 99.4 cm³/mol. The SMILES string of the molecule is Cc1ccc(S(=O)(=O)Oc2ccccc2/N=N/c2ccc(O)cc2O)cc1. The van der Waals surface area contributed by atoms with Crippen LogP contribution in [0.5, 0.6) is 17.2 Å². The average molecular weight is 384 g/mol. The third kappa shape index (κ3) is 4.42. The van der Waals surface area contributed by atoms with Crippen molar-refractivity contribution >= 4 is 21.5 Å². The van der Waals surface area contributed by atoms with Crippen LogP contribution in [0.3, 0.4) is 0 Å². The summed E-state index contributed by atoms with van der Waals surface area (Å²) in [5.74, 6) is -0.371. The van der Waals surface area contributed by atoms with Crippen LogP contribution in [0.1, 0.15) is 5.56 Å². The Balaban J connectivity index is 1.90. The molecular formula is C19H16N2O5S. The maximum atomic E-state index is 12.5. The third-order valence-corrected chi connectivity index (χ3v) is 4.85. The van der Waals surface area contributed by atoms with Gasteiger partial charge in [0.05, 0.1) is 0 Å². The molecule has 0 unspecified atom stereocenters. The molecule has 138 valence electrons. The molecule has 0 radical (unpaired) electrons. The van der Waals surface area contributed by atoms with E-state index in [4.69, 9.17) is 4.18 Å². The number of para-hydroxylation sites is 1. The first kappa shape index (κ1) is 18.4. The number of aromatic hydroxyl groups is 2. The minimum Gasteiger partial charge on any atom is -0.508 e. The number of hydrogen-bond acceptors (Lipinski definition) is 7. The van der Waals surface area contributed by atoms with E-state index in [9.17, 15) is 18.6 Å². The van der Waals surface area contributed by atoms with Crippen LogP contribution in [0, 0.1) is 6.92 Å². The maximum Gasteiger partial charge on any atom is 0.339 e. The van der Waals surface area contributed by atoms with E-state index < -0.39 is 10.1 Å². The fourth-order valence-electron chi connectivity index (χ4n) is 2.19. The van der Waals surface area contributed by atoms with Crippen molar-refractivity contribution in [3.05, 3.63) is 72.3 Å². The standard InChI is InChI=1S/C19H16N2O5S/c1-13-6-9-15(10-7-13)27(24,25)26-19-5-3-2-4-17(19)21-20-16-11-8-14(22)12-18(16)23/h2-12,22-23H,1H3/b21-20+. The molecule has 0 saturated carbocycles. The zero-order valence-electron chi connectivity index (χ0n) is 14.3. The molecule has 0 atom stereocenters. The Morgan fingerprint density at radius 2 is 1.52 bits per heavy atom. The fourth-order valence-corrected chi connectivity index (χ4v) is 3.13. The second-order valence-corrected chi connectivity index (χ2v) is 7.24. The van der Waals surface area contributed by atoms with Gasteiger partial charge < -0.3 is 14.4 Å². The minimum atomic E-state index is -4.03. The second-order valence-electron chi connectivity index (χ2n) is 5.69. The number of azo groups is 1. The summed E-state index contributed by atoms with van der Waals surface area (Å²) in [6.07, 6.45) is 0. The van der Waals surface area contributed by atoms with Gasteiger partial charge in [0.15, 0.2) is 5.75 Å². The molecule has 7 nitrogen and oxygen atoms in total. The lowest BCUT2D eigenvalue weighted by atomic mass is 10.2. The first-order chi connectivity index (χ1) is 12.8. The van der Waals surface area contributed by atoms with E-state index in [1.54, 1.807) is 24.3 Å². The zero-order chi connectivity index (χ0) is 19.4. The quantitative estimate of drug-likeness (QED) is 0.494. The Bertz CT molecular complexity index is 1090. The molecule has 0 aliphatic carbocycles. The second kappa shape index (κ2) is 7.46. The summed E-state index contributed by atoms with van der Waals surface area (Å²) in [6.45, 7) is 1.85. The molecule has 8 heteroatoms. The Kier molecular flexibility index (Phi) is 5.09. The molecule has 0 fully saturated rings. The summed E-state index contributed by atoms with van der Waals surface area (Å²) < 4.78 is 30.1. The molecule has 0 bridgehead atoms. The van der Waals surface area contributed by atoms with E-state index in [1.165, 1.54) is 36.4 Å². The highest BCUT2D eigenvalue weighted by atomic mass is 32.2. The van der Waals surface area contributed by atoms with Crippen molar-refractivity contribution in [1.29, 1.82) is 0 Å². The summed E-state index contributed by atoms with van der Waals surface area (Å²) in [7, 11) is -4.03. The lowest BCUT2D eigenvalue weighted by molar-refractivity contribution is 0.451. The van der Waals surface area contributed by atoms with Crippen molar-refractivity contribution < 1.29 is 22.8 Å². The Morgan fingerprint density at radius 3 is 2.22 bits per heavy atom. The van der Waals surface area contributed by atoms with Gasteiger partial charge in [0, 0.05) is 6.07 Å². The van der Waals surface area contributed by atoms with Crippen molar-refractivity contribution in [3.63, 3.8) is 0 Å². The highest BCUT2D eigenvalue weighted by molar-refractivity contribution is 7.87. The Hall–Kier alpha value is -3.39. The molecule has 0 heterocycles. The first-order valence-corrected chi connectivity index (χ1v) is 9.30. The van der Waals surface area contributed by atoms with E-state index in [2.05, 4.69) is 10.2 Å². The van der Waals surface area contributed by atoms with E-state index >= 15 is 0 Å². The molecular weight excluding hydrogens is 368 g/mol. The molecule has 0 aliphatic rings. The van der Waals surface area contributed by atoms with Crippen LogP contribution in [0.2, 0.25) is 0 Å². The Labute approximate surface area is 156 Å². The van der Waals surface area contributed by atoms with Crippen LogP contribution in [0.15, 0.2) is 81.9 Å². The maximum absolute atomic E-state index is 12.5. The summed E-state index contributed by atoms with van der Waals surface area (Å²) in [4.78, 5) is 0.0241. The molecule has 0 saturated heterocycles. The number of nitrogens with zero attached hydrogens (tertiary/aromatic N) is 2. The molecule has 3 aromatic rings.